The van der Waals surface area contributed by atoms with Crippen LogP contribution in [-0.4, -0.2) is 50.4 Å². The van der Waals surface area contributed by atoms with E-state index < -0.39 is 18.0 Å². The van der Waals surface area contributed by atoms with Crippen LogP contribution in [0.2, 0.25) is 0 Å². The number of ether oxygens (including phenoxy) is 1. The summed E-state index contributed by atoms with van der Waals surface area (Å²) in [6.07, 6.45) is -5.06. The first-order valence-corrected chi connectivity index (χ1v) is 10.1. The Balaban J connectivity index is 1.39. The van der Waals surface area contributed by atoms with Gasteiger partial charge in [0.2, 0.25) is 11.7 Å². The molecule has 0 N–H and O–H groups in total. The van der Waals surface area contributed by atoms with E-state index in [1.54, 1.807) is 4.90 Å². The molecule has 0 radical (unpaired) electrons. The lowest BCUT2D eigenvalue weighted by Crippen LogP contribution is -2.42. The Hall–Kier alpha value is -3.21. The van der Waals surface area contributed by atoms with E-state index in [0.717, 1.165) is 17.2 Å². The Bertz CT molecular complexity index is 1110. The SMILES string of the molecule is Cc1ccccc1-c1noc([C@H]2CN(C(=O)CCn3nc(C(F)(F)F)cc3C)CCO2)n1. The minimum absolute atomic E-state index is 0.0187. The van der Waals surface area contributed by atoms with Gasteiger partial charge in [0.15, 0.2) is 11.8 Å². The summed E-state index contributed by atoms with van der Waals surface area (Å²) in [5.41, 5.74) is 1.23. The zero-order valence-electron chi connectivity index (χ0n) is 17.6. The molecule has 1 saturated heterocycles. The summed E-state index contributed by atoms with van der Waals surface area (Å²) in [5.74, 6) is 0.513. The Morgan fingerprint density at radius 3 is 2.75 bits per heavy atom. The van der Waals surface area contributed by atoms with Crippen LogP contribution in [0.15, 0.2) is 34.9 Å². The van der Waals surface area contributed by atoms with Crippen LogP contribution >= 0.6 is 0 Å². The first kappa shape index (κ1) is 22.0. The number of carbonyl (C=O) groups excluding carboxylic acids is 1. The van der Waals surface area contributed by atoms with Crippen molar-refractivity contribution in [2.24, 2.45) is 0 Å². The largest absolute Gasteiger partial charge is 0.435 e. The molecule has 3 aromatic rings. The van der Waals surface area contributed by atoms with Crippen LogP contribution in [-0.2, 0) is 22.3 Å². The van der Waals surface area contributed by atoms with Crippen LogP contribution in [0, 0.1) is 13.8 Å². The second-order valence-corrected chi connectivity index (χ2v) is 7.61. The summed E-state index contributed by atoms with van der Waals surface area (Å²) in [5, 5.41) is 7.59. The minimum Gasteiger partial charge on any atom is -0.365 e. The van der Waals surface area contributed by atoms with Gasteiger partial charge in [0.25, 0.3) is 5.89 Å². The number of carbonyl (C=O) groups is 1. The van der Waals surface area contributed by atoms with Crippen molar-refractivity contribution in [3.05, 3.63) is 53.2 Å². The van der Waals surface area contributed by atoms with Gasteiger partial charge in [-0.1, -0.05) is 29.4 Å². The first-order chi connectivity index (χ1) is 15.2. The topological polar surface area (TPSA) is 86.3 Å². The van der Waals surface area contributed by atoms with Gasteiger partial charge in [0.1, 0.15) is 0 Å². The number of amides is 1. The van der Waals surface area contributed by atoms with E-state index in [1.165, 1.54) is 11.6 Å². The summed E-state index contributed by atoms with van der Waals surface area (Å²) in [6, 6.07) is 8.61. The van der Waals surface area contributed by atoms with Crippen LogP contribution in [0.5, 0.6) is 0 Å². The molecule has 1 atom stereocenters. The summed E-state index contributed by atoms with van der Waals surface area (Å²) >= 11 is 0. The van der Waals surface area contributed by atoms with Crippen LogP contribution < -0.4 is 0 Å². The molecule has 4 rings (SSSR count). The zero-order chi connectivity index (χ0) is 22.9. The molecule has 8 nitrogen and oxygen atoms in total. The maximum absolute atomic E-state index is 12.8. The highest BCUT2D eigenvalue weighted by Gasteiger charge is 2.34. The first-order valence-electron chi connectivity index (χ1n) is 10.1. The lowest BCUT2D eigenvalue weighted by atomic mass is 10.1. The number of aromatic nitrogens is 4. The van der Waals surface area contributed by atoms with Crippen molar-refractivity contribution in [3.63, 3.8) is 0 Å². The molecule has 170 valence electrons. The van der Waals surface area contributed by atoms with Crippen molar-refractivity contribution in [1.82, 2.24) is 24.8 Å². The van der Waals surface area contributed by atoms with Gasteiger partial charge >= 0.3 is 6.18 Å². The number of rotatable bonds is 5. The molecule has 2 aromatic heterocycles. The lowest BCUT2D eigenvalue weighted by Gasteiger charge is -2.31. The molecule has 1 fully saturated rings. The zero-order valence-corrected chi connectivity index (χ0v) is 17.6. The van der Waals surface area contributed by atoms with E-state index in [-0.39, 0.29) is 37.9 Å². The molecule has 0 bridgehead atoms. The second kappa shape index (κ2) is 8.73. The van der Waals surface area contributed by atoms with Crippen molar-refractivity contribution in [2.45, 2.75) is 39.1 Å². The van der Waals surface area contributed by atoms with Crippen LogP contribution in [0.4, 0.5) is 13.2 Å². The third-order valence-corrected chi connectivity index (χ3v) is 5.33. The maximum atomic E-state index is 12.8. The fourth-order valence-corrected chi connectivity index (χ4v) is 3.56. The molecular weight excluding hydrogens is 427 g/mol. The van der Waals surface area contributed by atoms with Gasteiger partial charge in [-0.3, -0.25) is 9.48 Å². The summed E-state index contributed by atoms with van der Waals surface area (Å²) in [6.45, 7) is 4.42. The Kier molecular flexibility index (Phi) is 6.00. The summed E-state index contributed by atoms with van der Waals surface area (Å²) in [4.78, 5) is 18.7. The molecule has 1 aliphatic rings. The molecule has 1 aliphatic heterocycles. The van der Waals surface area contributed by atoms with Gasteiger partial charge in [-0.15, -0.1) is 0 Å². The monoisotopic (exact) mass is 449 g/mol. The lowest BCUT2D eigenvalue weighted by molar-refractivity contribution is -0.141. The molecule has 0 aliphatic carbocycles. The second-order valence-electron chi connectivity index (χ2n) is 7.61. The van der Waals surface area contributed by atoms with Gasteiger partial charge < -0.3 is 14.2 Å². The van der Waals surface area contributed by atoms with E-state index in [1.807, 2.05) is 31.2 Å². The predicted octanol–water partition coefficient (Wildman–Crippen LogP) is 3.56. The van der Waals surface area contributed by atoms with E-state index in [9.17, 15) is 18.0 Å². The quantitative estimate of drug-likeness (QED) is 0.592. The van der Waals surface area contributed by atoms with Crippen molar-refractivity contribution >= 4 is 5.91 Å². The predicted molar refractivity (Wildman–Crippen MR) is 106 cm³/mol. The Morgan fingerprint density at radius 2 is 2.03 bits per heavy atom. The number of halogens is 3. The van der Waals surface area contributed by atoms with Gasteiger partial charge in [0, 0.05) is 30.8 Å². The fourth-order valence-electron chi connectivity index (χ4n) is 3.56. The van der Waals surface area contributed by atoms with Gasteiger partial charge in [-0.05, 0) is 25.5 Å². The molecular formula is C21H22F3N5O3. The highest BCUT2D eigenvalue weighted by Crippen LogP contribution is 2.29. The third kappa shape index (κ3) is 4.67. The van der Waals surface area contributed by atoms with Gasteiger partial charge in [-0.2, -0.15) is 23.3 Å². The summed E-state index contributed by atoms with van der Waals surface area (Å²) < 4.78 is 50.8. The molecule has 3 heterocycles. The maximum Gasteiger partial charge on any atom is 0.435 e. The van der Waals surface area contributed by atoms with Crippen molar-refractivity contribution in [1.29, 1.82) is 0 Å². The number of morpholine rings is 1. The Labute approximate surface area is 182 Å². The number of aryl methyl sites for hydroxylation is 3. The van der Waals surface area contributed by atoms with Gasteiger partial charge in [-0.25, -0.2) is 0 Å². The van der Waals surface area contributed by atoms with Gasteiger partial charge in [0.05, 0.1) is 13.2 Å². The number of benzene rings is 1. The van der Waals surface area contributed by atoms with Crippen molar-refractivity contribution in [3.8, 4) is 11.4 Å². The third-order valence-electron chi connectivity index (χ3n) is 5.33. The molecule has 32 heavy (non-hydrogen) atoms. The smallest absolute Gasteiger partial charge is 0.365 e. The van der Waals surface area contributed by atoms with E-state index in [0.29, 0.717) is 18.1 Å². The summed E-state index contributed by atoms with van der Waals surface area (Å²) in [7, 11) is 0. The molecule has 1 amide bonds. The molecule has 0 spiro atoms. The fraction of sp³-hybridized carbons (Fsp3) is 0.429. The molecule has 0 unspecified atom stereocenters. The molecule has 11 heteroatoms. The average molecular weight is 449 g/mol. The number of hydrogen-bond donors (Lipinski definition) is 0. The highest BCUT2D eigenvalue weighted by atomic mass is 19.4. The standard InChI is InChI=1S/C21H22F3N5O3/c1-13-5-3-4-6-15(13)19-25-20(32-27-19)16-12-28(9-10-31-16)18(30)7-8-29-14(2)11-17(26-29)21(22,23)24/h3-6,11,16H,7-10,12H2,1-2H3/t16-/m1/s1. The van der Waals surface area contributed by atoms with Crippen molar-refractivity contribution in [2.75, 3.05) is 19.7 Å². The van der Waals surface area contributed by atoms with E-state index in [4.69, 9.17) is 9.26 Å². The average Bonchev–Trinajstić information content (AvgIpc) is 3.39. The minimum atomic E-state index is -4.52. The molecule has 1 aromatic carbocycles. The van der Waals surface area contributed by atoms with Crippen LogP contribution in [0.25, 0.3) is 11.4 Å². The van der Waals surface area contributed by atoms with E-state index in [2.05, 4.69) is 15.2 Å². The molecule has 0 saturated carbocycles. The number of alkyl halides is 3. The number of nitrogens with zero attached hydrogens (tertiary/aromatic N) is 5. The highest BCUT2D eigenvalue weighted by molar-refractivity contribution is 5.76. The number of hydrogen-bond acceptors (Lipinski definition) is 6. The van der Waals surface area contributed by atoms with Crippen molar-refractivity contribution < 1.29 is 27.2 Å². The Morgan fingerprint density at radius 1 is 1.25 bits per heavy atom. The van der Waals surface area contributed by atoms with E-state index >= 15 is 0 Å². The van der Waals surface area contributed by atoms with Crippen LogP contribution in [0.3, 0.4) is 0 Å². The van der Waals surface area contributed by atoms with Crippen LogP contribution in [0.1, 0.15) is 35.4 Å². The normalized spacial score (nSPS) is 17.0.